The van der Waals surface area contributed by atoms with E-state index in [2.05, 4.69) is 10.3 Å². The fraction of sp³-hybridized carbons (Fsp3) is 0.286. The molecular formula is C28H26F3N3O2. The van der Waals surface area contributed by atoms with Gasteiger partial charge in [-0.05, 0) is 74.7 Å². The molecule has 3 aromatic carbocycles. The van der Waals surface area contributed by atoms with Gasteiger partial charge >= 0.3 is 6.18 Å². The number of alkyl halides is 3. The van der Waals surface area contributed by atoms with Gasteiger partial charge in [-0.15, -0.1) is 0 Å². The van der Waals surface area contributed by atoms with Gasteiger partial charge < -0.3 is 10.1 Å². The second-order valence-corrected chi connectivity index (χ2v) is 9.01. The average molecular weight is 494 g/mol. The number of carbonyl (C=O) groups is 1. The predicted molar refractivity (Wildman–Crippen MR) is 133 cm³/mol. The minimum absolute atomic E-state index is 0.0689. The van der Waals surface area contributed by atoms with Crippen molar-refractivity contribution in [1.29, 1.82) is 0 Å². The van der Waals surface area contributed by atoms with E-state index in [1.807, 2.05) is 18.2 Å². The van der Waals surface area contributed by atoms with Crippen molar-refractivity contribution in [3.05, 3.63) is 83.9 Å². The first-order chi connectivity index (χ1) is 17.4. The Labute approximate surface area is 207 Å². The van der Waals surface area contributed by atoms with Gasteiger partial charge in [-0.3, -0.25) is 9.69 Å². The molecule has 1 atom stereocenters. The predicted octanol–water partition coefficient (Wildman–Crippen LogP) is 6.27. The first-order valence-electron chi connectivity index (χ1n) is 12.0. The molecule has 5 nitrogen and oxygen atoms in total. The van der Waals surface area contributed by atoms with E-state index in [1.165, 1.54) is 23.5 Å². The SMILES string of the molecule is O=C1C(=Nc2cccc(C(F)(F)F)c2)c2ccccc2N1c1cccc(OCCCC2CCNC2)c1. The zero-order valence-electron chi connectivity index (χ0n) is 19.6. The van der Waals surface area contributed by atoms with Crippen molar-refractivity contribution in [2.45, 2.75) is 25.4 Å². The number of nitrogens with zero attached hydrogens (tertiary/aromatic N) is 2. The molecule has 1 amide bonds. The minimum Gasteiger partial charge on any atom is -0.494 e. The molecule has 8 heteroatoms. The number of anilines is 2. The first-order valence-corrected chi connectivity index (χ1v) is 12.0. The third-order valence-electron chi connectivity index (χ3n) is 6.48. The second kappa shape index (κ2) is 10.1. The number of nitrogens with one attached hydrogen (secondary N) is 1. The van der Waals surface area contributed by atoms with Crippen LogP contribution >= 0.6 is 0 Å². The van der Waals surface area contributed by atoms with Crippen LogP contribution in [-0.4, -0.2) is 31.3 Å². The number of hydrogen-bond donors (Lipinski definition) is 1. The van der Waals surface area contributed by atoms with Crippen LogP contribution in [-0.2, 0) is 11.0 Å². The number of aliphatic imine (C=N–C) groups is 1. The Hall–Kier alpha value is -3.65. The molecule has 2 heterocycles. The van der Waals surface area contributed by atoms with E-state index >= 15 is 0 Å². The largest absolute Gasteiger partial charge is 0.494 e. The Morgan fingerprint density at radius 3 is 2.67 bits per heavy atom. The van der Waals surface area contributed by atoms with Gasteiger partial charge in [0.15, 0.2) is 0 Å². The summed E-state index contributed by atoms with van der Waals surface area (Å²) in [5.74, 6) is 0.957. The molecule has 0 spiro atoms. The summed E-state index contributed by atoms with van der Waals surface area (Å²) < 4.78 is 45.5. The lowest BCUT2D eigenvalue weighted by Gasteiger charge is -2.18. The van der Waals surface area contributed by atoms with Crippen molar-refractivity contribution in [1.82, 2.24) is 5.32 Å². The molecule has 0 aliphatic carbocycles. The summed E-state index contributed by atoms with van der Waals surface area (Å²) in [5, 5.41) is 3.37. The summed E-state index contributed by atoms with van der Waals surface area (Å²) >= 11 is 0. The standard InChI is InChI=1S/C28H26F3N3O2/c29-28(30,31)20-7-3-8-21(16-20)33-26-24-11-1-2-12-25(24)34(27(26)35)22-9-4-10-23(17-22)36-15-5-6-19-13-14-32-18-19/h1-4,7-12,16-17,19,32H,5-6,13-15,18H2. The van der Waals surface area contributed by atoms with Crippen LogP contribution in [0.15, 0.2) is 77.8 Å². The van der Waals surface area contributed by atoms with E-state index in [-0.39, 0.29) is 11.4 Å². The summed E-state index contributed by atoms with van der Waals surface area (Å²) in [7, 11) is 0. The second-order valence-electron chi connectivity index (χ2n) is 9.01. The lowest BCUT2D eigenvalue weighted by atomic mass is 10.0. The highest BCUT2D eigenvalue weighted by atomic mass is 19.4. The number of benzene rings is 3. The number of ether oxygens (including phenoxy) is 1. The lowest BCUT2D eigenvalue weighted by molar-refractivity contribution is -0.137. The zero-order valence-corrected chi connectivity index (χ0v) is 19.6. The van der Waals surface area contributed by atoms with Gasteiger partial charge in [0, 0.05) is 11.6 Å². The molecular weight excluding hydrogens is 467 g/mol. The van der Waals surface area contributed by atoms with Crippen LogP contribution < -0.4 is 15.0 Å². The molecule has 5 rings (SSSR count). The third kappa shape index (κ3) is 5.14. The molecule has 3 aromatic rings. The zero-order chi connectivity index (χ0) is 25.1. The summed E-state index contributed by atoms with van der Waals surface area (Å²) in [6, 6.07) is 19.1. The lowest BCUT2D eigenvalue weighted by Crippen LogP contribution is -2.25. The highest BCUT2D eigenvalue weighted by molar-refractivity contribution is 6.56. The first kappa shape index (κ1) is 24.1. The van der Waals surface area contributed by atoms with Crippen LogP contribution in [0.25, 0.3) is 0 Å². The van der Waals surface area contributed by atoms with E-state index in [0.717, 1.165) is 38.1 Å². The molecule has 2 aliphatic rings. The number of carbonyl (C=O) groups excluding carboxylic acids is 1. The Balaban J connectivity index is 1.38. The van der Waals surface area contributed by atoms with Crippen molar-refractivity contribution in [3.8, 4) is 5.75 Å². The summed E-state index contributed by atoms with van der Waals surface area (Å²) in [4.78, 5) is 19.4. The van der Waals surface area contributed by atoms with Crippen LogP contribution in [0.3, 0.4) is 0 Å². The van der Waals surface area contributed by atoms with Crippen molar-refractivity contribution in [3.63, 3.8) is 0 Å². The quantitative estimate of drug-likeness (QED) is 0.395. The van der Waals surface area contributed by atoms with Crippen molar-refractivity contribution >= 4 is 28.7 Å². The van der Waals surface area contributed by atoms with E-state index in [4.69, 9.17) is 4.74 Å². The molecule has 186 valence electrons. The monoisotopic (exact) mass is 493 g/mol. The van der Waals surface area contributed by atoms with Crippen LogP contribution in [0.2, 0.25) is 0 Å². The highest BCUT2D eigenvalue weighted by Gasteiger charge is 2.35. The van der Waals surface area contributed by atoms with Crippen LogP contribution in [0.1, 0.15) is 30.4 Å². The highest BCUT2D eigenvalue weighted by Crippen LogP contribution is 2.38. The van der Waals surface area contributed by atoms with Gasteiger partial charge in [0.05, 0.1) is 29.2 Å². The van der Waals surface area contributed by atoms with Crippen molar-refractivity contribution in [2.24, 2.45) is 10.9 Å². The Bertz CT molecular complexity index is 1280. The van der Waals surface area contributed by atoms with Crippen molar-refractivity contribution in [2.75, 3.05) is 24.6 Å². The average Bonchev–Trinajstić information content (AvgIpc) is 3.48. The third-order valence-corrected chi connectivity index (χ3v) is 6.48. The smallest absolute Gasteiger partial charge is 0.416 e. The fourth-order valence-corrected chi connectivity index (χ4v) is 4.68. The number of rotatable bonds is 7. The molecule has 1 N–H and O–H groups in total. The maximum Gasteiger partial charge on any atom is 0.416 e. The molecule has 0 bridgehead atoms. The number of amides is 1. The maximum atomic E-state index is 13.5. The van der Waals surface area contributed by atoms with Crippen LogP contribution in [0.4, 0.5) is 30.2 Å². The molecule has 1 saturated heterocycles. The van der Waals surface area contributed by atoms with E-state index in [1.54, 1.807) is 30.3 Å². The van der Waals surface area contributed by atoms with Crippen LogP contribution in [0.5, 0.6) is 5.75 Å². The molecule has 1 unspecified atom stereocenters. The van der Waals surface area contributed by atoms with Crippen LogP contribution in [0, 0.1) is 5.92 Å². The summed E-state index contributed by atoms with van der Waals surface area (Å²) in [6.45, 7) is 2.74. The molecule has 0 radical (unpaired) electrons. The summed E-state index contributed by atoms with van der Waals surface area (Å²) in [6.07, 6.45) is -1.22. The van der Waals surface area contributed by atoms with Gasteiger partial charge in [-0.1, -0.05) is 30.3 Å². The maximum absolute atomic E-state index is 13.5. The fourth-order valence-electron chi connectivity index (χ4n) is 4.68. The minimum atomic E-state index is -4.49. The van der Waals surface area contributed by atoms with Gasteiger partial charge in [0.25, 0.3) is 5.91 Å². The van der Waals surface area contributed by atoms with E-state index in [0.29, 0.717) is 35.2 Å². The van der Waals surface area contributed by atoms with Gasteiger partial charge in [0.2, 0.25) is 0 Å². The Kier molecular flexibility index (Phi) is 6.78. The molecule has 0 aromatic heterocycles. The van der Waals surface area contributed by atoms with Gasteiger partial charge in [-0.25, -0.2) is 4.99 Å². The molecule has 1 fully saturated rings. The molecule has 0 saturated carbocycles. The Morgan fingerprint density at radius 1 is 1.03 bits per heavy atom. The van der Waals surface area contributed by atoms with Gasteiger partial charge in [0.1, 0.15) is 11.5 Å². The normalized spacial score (nSPS) is 18.6. The topological polar surface area (TPSA) is 53.9 Å². The number of halogens is 3. The molecule has 36 heavy (non-hydrogen) atoms. The summed E-state index contributed by atoms with van der Waals surface area (Å²) in [5.41, 5.74) is 1.16. The van der Waals surface area contributed by atoms with E-state index < -0.39 is 17.6 Å². The van der Waals surface area contributed by atoms with Crippen molar-refractivity contribution < 1.29 is 22.7 Å². The molecule has 2 aliphatic heterocycles. The number of hydrogen-bond acceptors (Lipinski definition) is 4. The number of fused-ring (bicyclic) bond motifs is 1. The van der Waals surface area contributed by atoms with E-state index in [9.17, 15) is 18.0 Å². The van der Waals surface area contributed by atoms with Gasteiger partial charge in [-0.2, -0.15) is 13.2 Å². The Morgan fingerprint density at radius 2 is 1.86 bits per heavy atom. The number of para-hydroxylation sites is 1.